The number of aliphatic carboxylic acids is 1. The Kier molecular flexibility index (Phi) is 5.74. The zero-order valence-corrected chi connectivity index (χ0v) is 18.6. The average Bonchev–Trinajstić information content (AvgIpc) is 3.33. The number of urea groups is 1. The van der Waals surface area contributed by atoms with Crippen molar-refractivity contribution in [2.75, 3.05) is 5.32 Å². The third-order valence-corrected chi connectivity index (χ3v) is 5.69. The maximum atomic E-state index is 12.9. The van der Waals surface area contributed by atoms with E-state index in [1.165, 1.54) is 11.1 Å². The van der Waals surface area contributed by atoms with Gasteiger partial charge in [-0.1, -0.05) is 57.2 Å². The summed E-state index contributed by atoms with van der Waals surface area (Å²) in [6.07, 6.45) is 1.79. The van der Waals surface area contributed by atoms with Crippen LogP contribution in [-0.4, -0.2) is 26.9 Å². The quantitative estimate of drug-likeness (QED) is 0.549. The van der Waals surface area contributed by atoms with Crippen molar-refractivity contribution in [1.29, 1.82) is 0 Å². The minimum absolute atomic E-state index is 0.0139. The second-order valence-corrected chi connectivity index (χ2v) is 9.20. The normalized spacial score (nSPS) is 15.3. The van der Waals surface area contributed by atoms with E-state index in [4.69, 9.17) is 10.2 Å². The van der Waals surface area contributed by atoms with Crippen LogP contribution in [0.1, 0.15) is 55.6 Å². The highest BCUT2D eigenvalue weighted by atomic mass is 16.4. The predicted octanol–water partition coefficient (Wildman–Crippen LogP) is 4.61. The Morgan fingerprint density at radius 3 is 2.53 bits per heavy atom. The SMILES string of the molecule is CC(C)(C)c1cc(NC(=O)NC2CCc3ccccc32)n(-c2ccc(CC(=O)O)cc2)n1. The molecule has 2 aromatic carbocycles. The maximum absolute atomic E-state index is 12.9. The van der Waals surface area contributed by atoms with Gasteiger partial charge in [-0.25, -0.2) is 9.48 Å². The molecule has 7 nitrogen and oxygen atoms in total. The Labute approximate surface area is 187 Å². The number of amides is 2. The molecule has 0 spiro atoms. The van der Waals surface area contributed by atoms with Gasteiger partial charge in [-0.2, -0.15) is 5.10 Å². The third-order valence-electron chi connectivity index (χ3n) is 5.69. The van der Waals surface area contributed by atoms with Crippen LogP contribution in [0.3, 0.4) is 0 Å². The summed E-state index contributed by atoms with van der Waals surface area (Å²) in [4.78, 5) is 23.8. The summed E-state index contributed by atoms with van der Waals surface area (Å²) in [5.41, 5.74) is 4.53. The van der Waals surface area contributed by atoms with Crippen LogP contribution in [0.15, 0.2) is 54.6 Å². The molecular formula is C25H28N4O3. The highest BCUT2D eigenvalue weighted by molar-refractivity contribution is 5.89. The Hall–Kier alpha value is -3.61. The number of hydrogen-bond acceptors (Lipinski definition) is 3. The molecule has 4 rings (SSSR count). The number of nitrogens with one attached hydrogen (secondary N) is 2. The van der Waals surface area contributed by atoms with Gasteiger partial charge in [0.1, 0.15) is 5.82 Å². The second-order valence-electron chi connectivity index (χ2n) is 9.20. The topological polar surface area (TPSA) is 96.2 Å². The van der Waals surface area contributed by atoms with E-state index in [-0.39, 0.29) is 23.9 Å². The molecule has 3 N–H and O–H groups in total. The van der Waals surface area contributed by atoms with Gasteiger partial charge in [0.2, 0.25) is 0 Å². The second kappa shape index (κ2) is 8.49. The lowest BCUT2D eigenvalue weighted by atomic mass is 9.92. The third kappa shape index (κ3) is 4.66. The number of hydrogen-bond donors (Lipinski definition) is 3. The van der Waals surface area contributed by atoms with Crippen molar-refractivity contribution in [1.82, 2.24) is 15.1 Å². The molecule has 0 radical (unpaired) electrons. The van der Waals surface area contributed by atoms with Gasteiger partial charge < -0.3 is 10.4 Å². The predicted molar refractivity (Wildman–Crippen MR) is 123 cm³/mol. The van der Waals surface area contributed by atoms with Crippen molar-refractivity contribution < 1.29 is 14.7 Å². The standard InChI is InChI=1S/C25H28N4O3/c1-25(2,3)21-15-22(29(28-21)18-11-8-16(9-12-18)14-23(30)31)27-24(32)26-20-13-10-17-6-4-5-7-19(17)20/h4-9,11-12,15,20H,10,13-14H2,1-3H3,(H,30,31)(H2,26,27,32). The molecule has 2 amide bonds. The fraction of sp³-hybridized carbons (Fsp3) is 0.320. The highest BCUT2D eigenvalue weighted by Gasteiger charge is 2.25. The summed E-state index contributed by atoms with van der Waals surface area (Å²) in [6, 6.07) is 16.9. The largest absolute Gasteiger partial charge is 0.481 e. The maximum Gasteiger partial charge on any atom is 0.320 e. The summed E-state index contributed by atoms with van der Waals surface area (Å²) in [5, 5.41) is 19.8. The molecule has 0 fully saturated rings. The van der Waals surface area contributed by atoms with Crippen molar-refractivity contribution in [3.8, 4) is 5.69 Å². The molecule has 1 heterocycles. The number of aryl methyl sites for hydroxylation is 1. The molecule has 0 bridgehead atoms. The van der Waals surface area contributed by atoms with Gasteiger partial charge in [-0.05, 0) is 41.7 Å². The number of carboxylic acid groups (broad SMARTS) is 1. The van der Waals surface area contributed by atoms with Crippen LogP contribution in [0.4, 0.5) is 10.6 Å². The Morgan fingerprint density at radius 1 is 1.12 bits per heavy atom. The first-order chi connectivity index (χ1) is 15.2. The van der Waals surface area contributed by atoms with E-state index >= 15 is 0 Å². The van der Waals surface area contributed by atoms with Crippen LogP contribution in [0.5, 0.6) is 0 Å². The number of carbonyl (C=O) groups excluding carboxylic acids is 1. The van der Waals surface area contributed by atoms with Crippen LogP contribution in [0.2, 0.25) is 0 Å². The van der Waals surface area contributed by atoms with Crippen molar-refractivity contribution in [3.63, 3.8) is 0 Å². The number of fused-ring (bicyclic) bond motifs is 1. The van der Waals surface area contributed by atoms with E-state index in [1.54, 1.807) is 16.8 Å². The molecule has 1 unspecified atom stereocenters. The molecular weight excluding hydrogens is 404 g/mol. The molecule has 7 heteroatoms. The van der Waals surface area contributed by atoms with Crippen LogP contribution < -0.4 is 10.6 Å². The van der Waals surface area contributed by atoms with Crippen LogP contribution in [0.25, 0.3) is 5.69 Å². The van der Waals surface area contributed by atoms with E-state index in [0.29, 0.717) is 11.4 Å². The fourth-order valence-corrected chi connectivity index (χ4v) is 3.98. The molecule has 166 valence electrons. The lowest BCUT2D eigenvalue weighted by molar-refractivity contribution is -0.136. The molecule has 1 aliphatic carbocycles. The average molecular weight is 433 g/mol. The van der Waals surface area contributed by atoms with Crippen molar-refractivity contribution in [3.05, 3.63) is 77.0 Å². The van der Waals surface area contributed by atoms with E-state index in [1.807, 2.05) is 30.3 Å². The molecule has 1 atom stereocenters. The number of nitrogens with zero attached hydrogens (tertiary/aromatic N) is 2. The number of benzene rings is 2. The summed E-state index contributed by atoms with van der Waals surface area (Å²) in [6.45, 7) is 6.19. The van der Waals surface area contributed by atoms with Gasteiger partial charge in [0, 0.05) is 11.5 Å². The first kappa shape index (κ1) is 21.6. The van der Waals surface area contributed by atoms with Gasteiger partial charge in [0.15, 0.2) is 0 Å². The van der Waals surface area contributed by atoms with Gasteiger partial charge in [0.05, 0.1) is 23.8 Å². The van der Waals surface area contributed by atoms with E-state index < -0.39 is 5.97 Å². The monoisotopic (exact) mass is 432 g/mol. The molecule has 0 saturated carbocycles. The summed E-state index contributed by atoms with van der Waals surface area (Å²) >= 11 is 0. The van der Waals surface area contributed by atoms with E-state index in [0.717, 1.165) is 24.2 Å². The number of rotatable bonds is 5. The molecule has 1 aromatic heterocycles. The van der Waals surface area contributed by atoms with Gasteiger partial charge in [0.25, 0.3) is 0 Å². The molecule has 3 aromatic rings. The summed E-state index contributed by atoms with van der Waals surface area (Å²) in [7, 11) is 0. The van der Waals surface area contributed by atoms with Gasteiger partial charge in [-0.15, -0.1) is 0 Å². The zero-order chi connectivity index (χ0) is 22.9. The van der Waals surface area contributed by atoms with Crippen LogP contribution >= 0.6 is 0 Å². The van der Waals surface area contributed by atoms with Crippen molar-refractivity contribution in [2.24, 2.45) is 0 Å². The smallest absolute Gasteiger partial charge is 0.320 e. The minimum Gasteiger partial charge on any atom is -0.481 e. The first-order valence-corrected chi connectivity index (χ1v) is 10.8. The lowest BCUT2D eigenvalue weighted by Crippen LogP contribution is -2.32. The van der Waals surface area contributed by atoms with Crippen molar-refractivity contribution in [2.45, 2.75) is 51.5 Å². The Balaban J connectivity index is 1.57. The van der Waals surface area contributed by atoms with E-state index in [2.05, 4.69) is 43.5 Å². The van der Waals surface area contributed by atoms with Gasteiger partial charge >= 0.3 is 12.0 Å². The lowest BCUT2D eigenvalue weighted by Gasteiger charge is -2.15. The van der Waals surface area contributed by atoms with Crippen LogP contribution in [0, 0.1) is 0 Å². The number of aromatic nitrogens is 2. The number of anilines is 1. The fourth-order valence-electron chi connectivity index (χ4n) is 3.98. The minimum atomic E-state index is -0.876. The molecule has 32 heavy (non-hydrogen) atoms. The van der Waals surface area contributed by atoms with Crippen LogP contribution in [-0.2, 0) is 23.1 Å². The number of carbonyl (C=O) groups is 2. The molecule has 1 aliphatic rings. The Bertz CT molecular complexity index is 1140. The summed E-state index contributed by atoms with van der Waals surface area (Å²) in [5.74, 6) is -0.316. The van der Waals surface area contributed by atoms with Gasteiger partial charge in [-0.3, -0.25) is 10.1 Å². The van der Waals surface area contributed by atoms with E-state index in [9.17, 15) is 9.59 Å². The molecule has 0 saturated heterocycles. The Morgan fingerprint density at radius 2 is 1.84 bits per heavy atom. The summed E-state index contributed by atoms with van der Waals surface area (Å²) < 4.78 is 1.69. The first-order valence-electron chi connectivity index (χ1n) is 10.8. The number of carboxylic acids is 1. The van der Waals surface area contributed by atoms with Crippen molar-refractivity contribution >= 4 is 17.8 Å². The molecule has 0 aliphatic heterocycles. The zero-order valence-electron chi connectivity index (χ0n) is 18.6. The highest BCUT2D eigenvalue weighted by Crippen LogP contribution is 2.31.